The Hall–Kier alpha value is -3.02. The van der Waals surface area contributed by atoms with Gasteiger partial charge in [-0.3, -0.25) is 4.79 Å². The first-order chi connectivity index (χ1) is 11.7. The smallest absolute Gasteiger partial charge is 0.257 e. The number of anilines is 1. The number of rotatable bonds is 2. The summed E-state index contributed by atoms with van der Waals surface area (Å²) in [5, 5.41) is 2.74. The summed E-state index contributed by atoms with van der Waals surface area (Å²) in [6.07, 6.45) is 7.69. The number of halogens is 1. The van der Waals surface area contributed by atoms with Crippen molar-refractivity contribution >= 4 is 11.6 Å². The predicted octanol–water partition coefficient (Wildman–Crippen LogP) is 3.35. The lowest BCUT2D eigenvalue weighted by atomic mass is 10.0. The van der Waals surface area contributed by atoms with Gasteiger partial charge in [0, 0.05) is 29.3 Å². The molecule has 0 fully saturated rings. The third-order valence-electron chi connectivity index (χ3n) is 4.19. The van der Waals surface area contributed by atoms with E-state index in [2.05, 4.69) is 20.3 Å². The van der Waals surface area contributed by atoms with Crippen molar-refractivity contribution in [3.05, 3.63) is 65.6 Å². The molecule has 3 aromatic rings. The van der Waals surface area contributed by atoms with Crippen molar-refractivity contribution in [2.24, 2.45) is 0 Å². The lowest BCUT2D eigenvalue weighted by Gasteiger charge is -2.08. The fraction of sp³-hybridized carbons (Fsp3) is 0.167. The van der Waals surface area contributed by atoms with Crippen LogP contribution in [0.4, 0.5) is 10.1 Å². The van der Waals surface area contributed by atoms with Crippen LogP contribution in [0.15, 0.2) is 43.0 Å². The quantitative estimate of drug-likeness (QED) is 0.760. The van der Waals surface area contributed by atoms with Gasteiger partial charge < -0.3 is 10.3 Å². The number of carbonyl (C=O) groups excluding carboxylic acids is 1. The second-order valence-electron chi connectivity index (χ2n) is 5.77. The van der Waals surface area contributed by atoms with Crippen molar-refractivity contribution in [1.29, 1.82) is 0 Å². The van der Waals surface area contributed by atoms with E-state index >= 15 is 0 Å². The third kappa shape index (κ3) is 2.56. The molecule has 0 radical (unpaired) electrons. The van der Waals surface area contributed by atoms with Crippen LogP contribution in [0.3, 0.4) is 0 Å². The summed E-state index contributed by atoms with van der Waals surface area (Å²) in [5.74, 6) is -0.677. The highest BCUT2D eigenvalue weighted by molar-refractivity contribution is 6.09. The van der Waals surface area contributed by atoms with Crippen molar-refractivity contribution < 1.29 is 9.18 Å². The van der Waals surface area contributed by atoms with Gasteiger partial charge in [0.2, 0.25) is 0 Å². The minimum atomic E-state index is -0.390. The number of nitrogens with one attached hydrogen (secondary N) is 2. The molecule has 0 unspecified atom stereocenters. The lowest BCUT2D eigenvalue weighted by molar-refractivity contribution is 0.102. The fourth-order valence-corrected chi connectivity index (χ4v) is 3.10. The molecule has 0 aliphatic heterocycles. The number of carbonyl (C=O) groups is 1. The van der Waals surface area contributed by atoms with Crippen molar-refractivity contribution in [2.45, 2.75) is 19.3 Å². The summed E-state index contributed by atoms with van der Waals surface area (Å²) < 4.78 is 13.3. The number of nitrogens with zero attached hydrogens (tertiary/aromatic N) is 2. The maximum Gasteiger partial charge on any atom is 0.257 e. The lowest BCUT2D eigenvalue weighted by Crippen LogP contribution is -2.12. The molecule has 1 amide bonds. The van der Waals surface area contributed by atoms with Crippen molar-refractivity contribution in [2.75, 3.05) is 5.32 Å². The zero-order valence-electron chi connectivity index (χ0n) is 12.8. The zero-order valence-corrected chi connectivity index (χ0v) is 12.8. The molecular formula is C18H15FN4O. The van der Waals surface area contributed by atoms with Gasteiger partial charge in [-0.15, -0.1) is 0 Å². The van der Waals surface area contributed by atoms with Crippen LogP contribution < -0.4 is 5.32 Å². The summed E-state index contributed by atoms with van der Waals surface area (Å²) in [4.78, 5) is 24.3. The summed E-state index contributed by atoms with van der Waals surface area (Å²) >= 11 is 0. The topological polar surface area (TPSA) is 70.7 Å². The van der Waals surface area contributed by atoms with E-state index in [-0.39, 0.29) is 5.91 Å². The van der Waals surface area contributed by atoms with E-state index in [1.165, 1.54) is 18.5 Å². The Kier molecular flexibility index (Phi) is 3.57. The van der Waals surface area contributed by atoms with E-state index < -0.39 is 5.82 Å². The standard InChI is InChI=1S/C18H15FN4O/c19-12-4-2-5-13(7-12)23-18(24)14-9-21-15-6-1-3-11-8-20-10-22-17(11)16(14)15/h2,4-5,7-10,21H,1,3,6H2,(H,23,24). The molecule has 0 atom stereocenters. The predicted molar refractivity (Wildman–Crippen MR) is 88.2 cm³/mol. The maximum atomic E-state index is 13.3. The van der Waals surface area contributed by atoms with Crippen LogP contribution in [-0.4, -0.2) is 20.9 Å². The number of aromatic nitrogens is 3. The molecule has 1 aromatic carbocycles. The van der Waals surface area contributed by atoms with Gasteiger partial charge in [-0.1, -0.05) is 6.07 Å². The number of aryl methyl sites for hydroxylation is 2. The molecule has 0 bridgehead atoms. The maximum absolute atomic E-state index is 13.3. The number of fused-ring (bicyclic) bond motifs is 3. The van der Waals surface area contributed by atoms with E-state index in [0.29, 0.717) is 11.3 Å². The van der Waals surface area contributed by atoms with E-state index in [1.807, 2.05) is 0 Å². The number of H-pyrrole nitrogens is 1. The molecule has 1 aliphatic carbocycles. The number of benzene rings is 1. The molecule has 4 rings (SSSR count). The molecule has 2 N–H and O–H groups in total. The first-order valence-corrected chi connectivity index (χ1v) is 7.79. The van der Waals surface area contributed by atoms with Gasteiger partial charge in [-0.05, 0) is 43.0 Å². The molecule has 0 spiro atoms. The van der Waals surface area contributed by atoms with Crippen molar-refractivity contribution in [3.8, 4) is 11.3 Å². The first-order valence-electron chi connectivity index (χ1n) is 7.79. The Bertz CT molecular complexity index is 919. The van der Waals surface area contributed by atoms with Crippen molar-refractivity contribution in [3.63, 3.8) is 0 Å². The molecule has 5 nitrogen and oxygen atoms in total. The second-order valence-corrected chi connectivity index (χ2v) is 5.77. The largest absolute Gasteiger partial charge is 0.364 e. The van der Waals surface area contributed by atoms with Crippen LogP contribution in [0.1, 0.15) is 28.0 Å². The minimum Gasteiger partial charge on any atom is -0.364 e. The highest BCUT2D eigenvalue weighted by Crippen LogP contribution is 2.33. The highest BCUT2D eigenvalue weighted by atomic mass is 19.1. The van der Waals surface area contributed by atoms with Gasteiger partial charge in [0.15, 0.2) is 0 Å². The number of hydrogen-bond acceptors (Lipinski definition) is 3. The van der Waals surface area contributed by atoms with Gasteiger partial charge in [0.25, 0.3) is 5.91 Å². The van der Waals surface area contributed by atoms with Gasteiger partial charge in [0.05, 0.1) is 11.3 Å². The molecule has 6 heteroatoms. The Morgan fingerprint density at radius 2 is 2.21 bits per heavy atom. The molecule has 0 saturated carbocycles. The Labute approximate surface area is 138 Å². The SMILES string of the molecule is O=C(Nc1cccc(F)c1)c1c[nH]c2c1-c1ncncc1CCC2. The average molecular weight is 322 g/mol. The Morgan fingerprint density at radius 1 is 1.29 bits per heavy atom. The highest BCUT2D eigenvalue weighted by Gasteiger charge is 2.24. The van der Waals surface area contributed by atoms with Crippen LogP contribution in [0.25, 0.3) is 11.3 Å². The summed E-state index contributed by atoms with van der Waals surface area (Å²) in [5.41, 5.74) is 4.58. The van der Waals surface area contributed by atoms with Gasteiger partial charge in [0.1, 0.15) is 12.1 Å². The van der Waals surface area contributed by atoms with Crippen LogP contribution in [-0.2, 0) is 12.8 Å². The van der Waals surface area contributed by atoms with E-state index in [9.17, 15) is 9.18 Å². The number of amides is 1. The van der Waals surface area contributed by atoms with Gasteiger partial charge in [-0.2, -0.15) is 0 Å². The number of hydrogen-bond donors (Lipinski definition) is 2. The first kappa shape index (κ1) is 14.6. The summed E-state index contributed by atoms with van der Waals surface area (Å²) in [6.45, 7) is 0. The fourth-order valence-electron chi connectivity index (χ4n) is 3.10. The van der Waals surface area contributed by atoms with Crippen LogP contribution >= 0.6 is 0 Å². The normalized spacial score (nSPS) is 12.9. The van der Waals surface area contributed by atoms with Crippen LogP contribution in [0.2, 0.25) is 0 Å². The minimum absolute atomic E-state index is 0.287. The average Bonchev–Trinajstić information content (AvgIpc) is 2.91. The van der Waals surface area contributed by atoms with E-state index in [1.54, 1.807) is 24.5 Å². The third-order valence-corrected chi connectivity index (χ3v) is 4.19. The van der Waals surface area contributed by atoms with E-state index in [4.69, 9.17) is 0 Å². The molecule has 2 aromatic heterocycles. The zero-order chi connectivity index (χ0) is 16.5. The summed E-state index contributed by atoms with van der Waals surface area (Å²) in [6, 6.07) is 5.85. The van der Waals surface area contributed by atoms with Gasteiger partial charge in [-0.25, -0.2) is 14.4 Å². The molecule has 0 saturated heterocycles. The Morgan fingerprint density at radius 3 is 3.08 bits per heavy atom. The summed E-state index contributed by atoms with van der Waals surface area (Å²) in [7, 11) is 0. The van der Waals surface area contributed by atoms with Crippen LogP contribution in [0.5, 0.6) is 0 Å². The molecular weight excluding hydrogens is 307 g/mol. The van der Waals surface area contributed by atoms with Crippen LogP contribution in [0, 0.1) is 5.82 Å². The molecule has 24 heavy (non-hydrogen) atoms. The monoisotopic (exact) mass is 322 g/mol. The van der Waals surface area contributed by atoms with E-state index in [0.717, 1.165) is 41.8 Å². The Balaban J connectivity index is 1.74. The number of aromatic amines is 1. The second kappa shape index (κ2) is 5.88. The molecule has 2 heterocycles. The molecule has 120 valence electrons. The van der Waals surface area contributed by atoms with Gasteiger partial charge >= 0.3 is 0 Å². The molecule has 1 aliphatic rings. The van der Waals surface area contributed by atoms with Crippen molar-refractivity contribution in [1.82, 2.24) is 15.0 Å².